The molecule has 1 saturated heterocycles. The summed E-state index contributed by atoms with van der Waals surface area (Å²) in [5.41, 5.74) is 2.47. The molecule has 2 amide bonds. The maximum atomic E-state index is 14.3. The third-order valence-electron chi connectivity index (χ3n) is 5.08. The molecule has 0 spiro atoms. The van der Waals surface area contributed by atoms with Crippen LogP contribution >= 0.6 is 12.2 Å². The maximum Gasteiger partial charge on any atom is 0.270 e. The number of allylic oxidation sites excluding steroid dienone is 1. The number of halogens is 1. The van der Waals surface area contributed by atoms with E-state index in [4.69, 9.17) is 12.2 Å². The smallest absolute Gasteiger partial charge is 0.270 e. The second kappa shape index (κ2) is 7.68. The summed E-state index contributed by atoms with van der Waals surface area (Å²) < 4.78 is 16.4. The van der Waals surface area contributed by atoms with Gasteiger partial charge < -0.3 is 4.57 Å². The van der Waals surface area contributed by atoms with Crippen molar-refractivity contribution in [1.29, 1.82) is 0 Å². The van der Waals surface area contributed by atoms with Crippen LogP contribution in [-0.2, 0) is 16.1 Å². The lowest BCUT2D eigenvalue weighted by Crippen LogP contribution is -2.54. The fraction of sp³-hybridized carbons (Fsp3) is 0.0870. The minimum atomic E-state index is -0.672. The van der Waals surface area contributed by atoms with Gasteiger partial charge in [-0.1, -0.05) is 36.4 Å². The van der Waals surface area contributed by atoms with Gasteiger partial charge in [0.1, 0.15) is 11.4 Å². The van der Waals surface area contributed by atoms with Crippen LogP contribution in [0.15, 0.2) is 66.8 Å². The zero-order chi connectivity index (χ0) is 21.4. The number of hydrogen-bond acceptors (Lipinski definition) is 3. The largest absolute Gasteiger partial charge is 0.340 e. The Morgan fingerprint density at radius 3 is 2.57 bits per heavy atom. The van der Waals surface area contributed by atoms with Crippen molar-refractivity contribution in [1.82, 2.24) is 9.88 Å². The molecule has 1 aliphatic rings. The van der Waals surface area contributed by atoms with Crippen molar-refractivity contribution in [3.05, 3.63) is 83.8 Å². The van der Waals surface area contributed by atoms with Gasteiger partial charge in [0.25, 0.3) is 11.8 Å². The van der Waals surface area contributed by atoms with Crippen molar-refractivity contribution in [2.75, 3.05) is 4.90 Å². The Balaban J connectivity index is 1.88. The van der Waals surface area contributed by atoms with Crippen molar-refractivity contribution < 1.29 is 14.0 Å². The fourth-order valence-electron chi connectivity index (χ4n) is 3.66. The van der Waals surface area contributed by atoms with E-state index in [2.05, 4.69) is 16.5 Å². The second-order valence-electron chi connectivity index (χ2n) is 6.82. The van der Waals surface area contributed by atoms with Crippen LogP contribution in [0.25, 0.3) is 17.0 Å². The monoisotopic (exact) mass is 419 g/mol. The SMILES string of the molecule is C=CCn1c(C)c(/C=C2/C(=O)NC(=S)N(c3ccccc3F)C2=O)c2ccccc21. The van der Waals surface area contributed by atoms with Gasteiger partial charge in [-0.2, -0.15) is 0 Å². The fourth-order valence-corrected chi connectivity index (χ4v) is 3.93. The van der Waals surface area contributed by atoms with Gasteiger partial charge in [0, 0.05) is 28.7 Å². The quantitative estimate of drug-likeness (QED) is 0.300. The van der Waals surface area contributed by atoms with Gasteiger partial charge in [-0.05, 0) is 43.4 Å². The highest BCUT2D eigenvalue weighted by Crippen LogP contribution is 2.30. The number of benzene rings is 2. The number of nitrogens with zero attached hydrogens (tertiary/aromatic N) is 2. The first kappa shape index (κ1) is 19.7. The average molecular weight is 419 g/mol. The standard InChI is InChI=1S/C23H18FN3O2S/c1-3-12-26-14(2)16(15-8-4-6-10-19(15)26)13-17-21(28)25-23(30)27(22(17)29)20-11-7-5-9-18(20)24/h3-11,13H,1,12H2,2H3,(H,25,28,30)/b17-13-. The lowest BCUT2D eigenvalue weighted by Gasteiger charge is -2.29. The molecular weight excluding hydrogens is 401 g/mol. The molecule has 0 atom stereocenters. The second-order valence-corrected chi connectivity index (χ2v) is 7.21. The first-order chi connectivity index (χ1) is 14.4. The van der Waals surface area contributed by atoms with Crippen molar-refractivity contribution in [3.63, 3.8) is 0 Å². The van der Waals surface area contributed by atoms with Gasteiger partial charge >= 0.3 is 0 Å². The first-order valence-corrected chi connectivity index (χ1v) is 9.69. The van der Waals surface area contributed by atoms with E-state index in [-0.39, 0.29) is 16.4 Å². The van der Waals surface area contributed by atoms with Crippen molar-refractivity contribution in [2.24, 2.45) is 0 Å². The Hall–Kier alpha value is -3.58. The van der Waals surface area contributed by atoms with Gasteiger partial charge in [-0.3, -0.25) is 14.9 Å². The molecule has 0 bridgehead atoms. The Labute approximate surface area is 178 Å². The number of para-hydroxylation sites is 2. The van der Waals surface area contributed by atoms with Crippen LogP contribution in [0.1, 0.15) is 11.3 Å². The number of thiocarbonyl (C=S) groups is 1. The summed E-state index contributed by atoms with van der Waals surface area (Å²) in [5.74, 6) is -1.89. The zero-order valence-electron chi connectivity index (χ0n) is 16.2. The Kier molecular flexibility index (Phi) is 5.05. The highest BCUT2D eigenvalue weighted by molar-refractivity contribution is 7.80. The number of carbonyl (C=O) groups is 2. The lowest BCUT2D eigenvalue weighted by atomic mass is 10.0. The van der Waals surface area contributed by atoms with Gasteiger partial charge in [-0.15, -0.1) is 6.58 Å². The van der Waals surface area contributed by atoms with Crippen molar-refractivity contribution in [2.45, 2.75) is 13.5 Å². The molecule has 5 nitrogen and oxygen atoms in total. The molecule has 2 heterocycles. The third-order valence-corrected chi connectivity index (χ3v) is 5.36. The van der Waals surface area contributed by atoms with Crippen LogP contribution in [0.2, 0.25) is 0 Å². The highest BCUT2D eigenvalue weighted by atomic mass is 32.1. The van der Waals surface area contributed by atoms with Crippen LogP contribution in [0.5, 0.6) is 0 Å². The number of carbonyl (C=O) groups excluding carboxylic acids is 2. The molecule has 0 radical (unpaired) electrons. The molecule has 2 aromatic carbocycles. The summed E-state index contributed by atoms with van der Waals surface area (Å²) in [7, 11) is 0. The van der Waals surface area contributed by atoms with Crippen LogP contribution in [0.4, 0.5) is 10.1 Å². The number of amides is 2. The Morgan fingerprint density at radius 1 is 1.13 bits per heavy atom. The summed E-state index contributed by atoms with van der Waals surface area (Å²) in [6, 6.07) is 13.5. The number of fused-ring (bicyclic) bond motifs is 1. The normalized spacial score (nSPS) is 15.7. The van der Waals surface area contributed by atoms with Gasteiger partial charge in [-0.25, -0.2) is 9.29 Å². The molecule has 7 heteroatoms. The summed E-state index contributed by atoms with van der Waals surface area (Å²) >= 11 is 5.15. The third kappa shape index (κ3) is 3.13. The maximum absolute atomic E-state index is 14.3. The minimum Gasteiger partial charge on any atom is -0.340 e. The van der Waals surface area contributed by atoms with Gasteiger partial charge in [0.05, 0.1) is 5.69 Å². The highest BCUT2D eigenvalue weighted by Gasteiger charge is 2.36. The summed E-state index contributed by atoms with van der Waals surface area (Å²) in [6.07, 6.45) is 3.33. The topological polar surface area (TPSA) is 54.3 Å². The van der Waals surface area contributed by atoms with E-state index < -0.39 is 17.6 Å². The average Bonchev–Trinajstić information content (AvgIpc) is 2.98. The van der Waals surface area contributed by atoms with Crippen LogP contribution < -0.4 is 10.2 Å². The van der Waals surface area contributed by atoms with Crippen LogP contribution in [0.3, 0.4) is 0 Å². The number of anilines is 1. The number of rotatable bonds is 4. The van der Waals surface area contributed by atoms with Crippen LogP contribution in [-0.4, -0.2) is 21.5 Å². The summed E-state index contributed by atoms with van der Waals surface area (Å²) in [6.45, 7) is 6.30. The van der Waals surface area contributed by atoms with E-state index in [1.807, 2.05) is 31.2 Å². The molecule has 0 saturated carbocycles. The van der Waals surface area contributed by atoms with Crippen molar-refractivity contribution >= 4 is 51.8 Å². The molecule has 3 aromatic rings. The lowest BCUT2D eigenvalue weighted by molar-refractivity contribution is -0.122. The number of aromatic nitrogens is 1. The predicted molar refractivity (Wildman–Crippen MR) is 119 cm³/mol. The molecule has 1 N–H and O–H groups in total. The first-order valence-electron chi connectivity index (χ1n) is 9.28. The molecule has 0 unspecified atom stereocenters. The Morgan fingerprint density at radius 2 is 1.83 bits per heavy atom. The van der Waals surface area contributed by atoms with Crippen molar-refractivity contribution in [3.8, 4) is 0 Å². The molecule has 1 aliphatic heterocycles. The van der Waals surface area contributed by atoms with Crippen LogP contribution in [0, 0.1) is 12.7 Å². The number of nitrogens with one attached hydrogen (secondary N) is 1. The van der Waals surface area contributed by atoms with Gasteiger partial charge in [0.15, 0.2) is 5.11 Å². The molecular formula is C23H18FN3O2S. The Bertz CT molecular complexity index is 1260. The molecule has 30 heavy (non-hydrogen) atoms. The van der Waals surface area contributed by atoms with E-state index in [0.29, 0.717) is 6.54 Å². The van der Waals surface area contributed by atoms with E-state index in [1.54, 1.807) is 18.2 Å². The molecule has 0 aliphatic carbocycles. The molecule has 1 aromatic heterocycles. The zero-order valence-corrected chi connectivity index (χ0v) is 17.0. The summed E-state index contributed by atoms with van der Waals surface area (Å²) in [4.78, 5) is 26.8. The summed E-state index contributed by atoms with van der Waals surface area (Å²) in [5, 5.41) is 3.24. The predicted octanol–water partition coefficient (Wildman–Crippen LogP) is 4.11. The molecule has 150 valence electrons. The number of hydrogen-bond donors (Lipinski definition) is 1. The molecule has 4 rings (SSSR count). The minimum absolute atomic E-state index is 0.00999. The van der Waals surface area contributed by atoms with E-state index in [1.165, 1.54) is 18.2 Å². The van der Waals surface area contributed by atoms with E-state index in [0.717, 1.165) is 27.1 Å². The van der Waals surface area contributed by atoms with Gasteiger partial charge in [0.2, 0.25) is 0 Å². The van der Waals surface area contributed by atoms with E-state index in [9.17, 15) is 14.0 Å². The molecule has 1 fully saturated rings. The van der Waals surface area contributed by atoms with E-state index >= 15 is 0 Å².